The van der Waals surface area contributed by atoms with Crippen molar-refractivity contribution in [2.45, 2.75) is 57.8 Å². The summed E-state index contributed by atoms with van der Waals surface area (Å²) in [6.45, 7) is 3.54. The Hall–Kier alpha value is -2.31. The molecule has 0 amide bonds. The van der Waals surface area contributed by atoms with E-state index in [4.69, 9.17) is 21.1 Å². The summed E-state index contributed by atoms with van der Waals surface area (Å²) in [5.41, 5.74) is 4.17. The molecule has 0 saturated heterocycles. The van der Waals surface area contributed by atoms with Crippen LogP contribution in [0.3, 0.4) is 0 Å². The minimum atomic E-state index is -0.475. The van der Waals surface area contributed by atoms with E-state index in [0.29, 0.717) is 37.2 Å². The lowest BCUT2D eigenvalue weighted by atomic mass is 9.71. The molecule has 1 heterocycles. The van der Waals surface area contributed by atoms with Crippen LogP contribution in [0, 0.1) is 0 Å². The van der Waals surface area contributed by atoms with E-state index in [1.807, 2.05) is 6.92 Å². The Labute approximate surface area is 193 Å². The van der Waals surface area contributed by atoms with Gasteiger partial charge in [0.05, 0.1) is 11.6 Å². The summed E-state index contributed by atoms with van der Waals surface area (Å²) in [5.74, 6) is -0.160. The molecule has 1 aromatic rings. The first-order valence-electron chi connectivity index (χ1n) is 11.4. The molecule has 4 rings (SSSR count). The molecule has 0 atom stereocenters. The molecule has 0 spiro atoms. The molecule has 7 heteroatoms. The summed E-state index contributed by atoms with van der Waals surface area (Å²) in [5, 5.41) is 10.5. The van der Waals surface area contributed by atoms with Crippen LogP contribution in [0.15, 0.2) is 34.7 Å². The van der Waals surface area contributed by atoms with Crippen molar-refractivity contribution in [3.8, 4) is 11.5 Å². The Morgan fingerprint density at radius 2 is 1.69 bits per heavy atom. The van der Waals surface area contributed by atoms with Crippen molar-refractivity contribution in [3.05, 3.63) is 45.3 Å². The topological polar surface area (TPSA) is 76.1 Å². The molecule has 0 saturated carbocycles. The molecule has 1 aliphatic heterocycles. The Morgan fingerprint density at radius 1 is 1.06 bits per heavy atom. The van der Waals surface area contributed by atoms with Crippen molar-refractivity contribution in [3.63, 3.8) is 0 Å². The molecule has 3 aliphatic rings. The fraction of sp³-hybridized carbons (Fsp3) is 0.520. The molecule has 32 heavy (non-hydrogen) atoms. The summed E-state index contributed by atoms with van der Waals surface area (Å²) in [4.78, 5) is 28.8. The monoisotopic (exact) mass is 459 g/mol. The number of halogens is 1. The summed E-state index contributed by atoms with van der Waals surface area (Å²) in [7, 11) is 1.68. The smallest absolute Gasteiger partial charge is 0.176 e. The maximum atomic E-state index is 13.3. The highest BCUT2D eigenvalue weighted by atomic mass is 35.5. The molecule has 0 fully saturated rings. The Bertz CT molecular complexity index is 952. The van der Waals surface area contributed by atoms with Crippen LogP contribution in [0.1, 0.15) is 63.4 Å². The molecule has 172 valence electrons. The first-order chi connectivity index (χ1) is 15.5. The lowest BCUT2D eigenvalue weighted by Gasteiger charge is -2.44. The summed E-state index contributed by atoms with van der Waals surface area (Å²) in [6.07, 6.45) is 4.99. The molecular formula is C25H30ClNO5. The molecule has 0 bridgehead atoms. The number of ketones is 2. The van der Waals surface area contributed by atoms with Crippen LogP contribution in [0.2, 0.25) is 5.02 Å². The second-order valence-electron chi connectivity index (χ2n) is 8.49. The van der Waals surface area contributed by atoms with Gasteiger partial charge in [0.25, 0.3) is 0 Å². The number of allylic oxidation sites excluding steroid dienone is 4. The summed E-state index contributed by atoms with van der Waals surface area (Å²) >= 11 is 6.35. The van der Waals surface area contributed by atoms with Gasteiger partial charge in [-0.1, -0.05) is 11.6 Å². The fourth-order valence-corrected chi connectivity index (χ4v) is 5.43. The van der Waals surface area contributed by atoms with Crippen LogP contribution in [0.25, 0.3) is 0 Å². The van der Waals surface area contributed by atoms with Crippen LogP contribution in [-0.4, -0.2) is 48.4 Å². The number of phenolic OH excluding ortho intramolecular Hbond substituents is 1. The van der Waals surface area contributed by atoms with Gasteiger partial charge in [-0.3, -0.25) is 9.59 Å². The summed E-state index contributed by atoms with van der Waals surface area (Å²) < 4.78 is 10.9. The van der Waals surface area contributed by atoms with Crippen molar-refractivity contribution in [1.82, 2.24) is 4.90 Å². The number of hydrogen-bond donors (Lipinski definition) is 1. The quantitative estimate of drug-likeness (QED) is 0.585. The van der Waals surface area contributed by atoms with Gasteiger partial charge in [-0.25, -0.2) is 0 Å². The lowest BCUT2D eigenvalue weighted by molar-refractivity contribution is -0.117. The van der Waals surface area contributed by atoms with Crippen LogP contribution in [0.5, 0.6) is 11.5 Å². The van der Waals surface area contributed by atoms with Crippen LogP contribution >= 0.6 is 11.6 Å². The van der Waals surface area contributed by atoms with E-state index in [9.17, 15) is 14.7 Å². The Balaban J connectivity index is 1.90. The third kappa shape index (κ3) is 4.06. The highest BCUT2D eigenvalue weighted by molar-refractivity contribution is 6.32. The van der Waals surface area contributed by atoms with Gasteiger partial charge in [-0.05, 0) is 56.7 Å². The van der Waals surface area contributed by atoms with E-state index in [-0.39, 0.29) is 28.1 Å². The average Bonchev–Trinajstić information content (AvgIpc) is 2.77. The van der Waals surface area contributed by atoms with Gasteiger partial charge in [0.15, 0.2) is 23.1 Å². The number of benzene rings is 1. The van der Waals surface area contributed by atoms with Gasteiger partial charge >= 0.3 is 0 Å². The molecule has 0 unspecified atom stereocenters. The predicted molar refractivity (Wildman–Crippen MR) is 122 cm³/mol. The van der Waals surface area contributed by atoms with Crippen molar-refractivity contribution >= 4 is 23.2 Å². The van der Waals surface area contributed by atoms with Crippen LogP contribution < -0.4 is 4.74 Å². The number of hydrogen-bond acceptors (Lipinski definition) is 6. The zero-order valence-corrected chi connectivity index (χ0v) is 19.5. The first-order valence-corrected chi connectivity index (χ1v) is 11.8. The molecule has 2 aliphatic carbocycles. The van der Waals surface area contributed by atoms with Crippen molar-refractivity contribution in [2.75, 3.05) is 26.9 Å². The first kappa shape index (κ1) is 22.9. The molecular weight excluding hydrogens is 430 g/mol. The minimum absolute atomic E-state index is 0.0834. The normalized spacial score (nSPS) is 19.4. The predicted octanol–water partition coefficient (Wildman–Crippen LogP) is 4.89. The molecule has 6 nitrogen and oxygen atoms in total. The van der Waals surface area contributed by atoms with Gasteiger partial charge in [-0.2, -0.15) is 0 Å². The van der Waals surface area contributed by atoms with Crippen molar-refractivity contribution in [2.24, 2.45) is 0 Å². The van der Waals surface area contributed by atoms with Gasteiger partial charge in [0.2, 0.25) is 0 Å². The number of aromatic hydroxyl groups is 1. The van der Waals surface area contributed by atoms with E-state index in [1.54, 1.807) is 19.2 Å². The number of nitrogens with zero attached hydrogens (tertiary/aromatic N) is 1. The summed E-state index contributed by atoms with van der Waals surface area (Å²) in [6, 6.07) is 3.40. The second kappa shape index (κ2) is 9.67. The SMILES string of the molecule is CCOc1cc(C2C3=C(CCCC3=O)N(CCCOC)C3=C2C(=O)CCC3)cc(Cl)c1O. The van der Waals surface area contributed by atoms with Gasteiger partial charge in [0.1, 0.15) is 0 Å². The Kier molecular flexibility index (Phi) is 6.91. The van der Waals surface area contributed by atoms with E-state index >= 15 is 0 Å². The highest BCUT2D eigenvalue weighted by Crippen LogP contribution is 2.50. The zero-order chi connectivity index (χ0) is 22.8. The van der Waals surface area contributed by atoms with Crippen LogP contribution in [0.4, 0.5) is 0 Å². The van der Waals surface area contributed by atoms with Gasteiger partial charge in [-0.15, -0.1) is 0 Å². The van der Waals surface area contributed by atoms with E-state index in [0.717, 1.165) is 55.6 Å². The fourth-order valence-electron chi connectivity index (χ4n) is 5.21. The number of Topliss-reactive ketones (excluding diaryl/α,β-unsaturated/α-hetero) is 2. The highest BCUT2D eigenvalue weighted by Gasteiger charge is 2.43. The largest absolute Gasteiger partial charge is 0.503 e. The number of carbonyl (C=O) groups is 2. The number of methoxy groups -OCH3 is 1. The van der Waals surface area contributed by atoms with E-state index < -0.39 is 5.92 Å². The molecule has 0 aromatic heterocycles. The third-order valence-electron chi connectivity index (χ3n) is 6.50. The van der Waals surface area contributed by atoms with Crippen molar-refractivity contribution in [1.29, 1.82) is 0 Å². The van der Waals surface area contributed by atoms with Crippen LogP contribution in [-0.2, 0) is 14.3 Å². The zero-order valence-electron chi connectivity index (χ0n) is 18.7. The second-order valence-corrected chi connectivity index (χ2v) is 8.89. The number of carbonyl (C=O) groups excluding carboxylic acids is 2. The average molecular weight is 460 g/mol. The lowest BCUT2D eigenvalue weighted by Crippen LogP contribution is -2.39. The van der Waals surface area contributed by atoms with E-state index in [1.165, 1.54) is 0 Å². The maximum absolute atomic E-state index is 13.3. The molecule has 0 radical (unpaired) electrons. The van der Waals surface area contributed by atoms with Gasteiger partial charge < -0.3 is 19.5 Å². The standard InChI is InChI=1S/C25H30ClNO5/c1-3-32-21-14-15(13-16(26)25(21)30)22-23-17(7-4-9-19(23)28)27(11-6-12-31-2)18-8-5-10-20(29)24(18)22/h13-14,22,30H,3-12H2,1-2H3. The third-order valence-corrected chi connectivity index (χ3v) is 6.79. The minimum Gasteiger partial charge on any atom is -0.503 e. The number of rotatable bonds is 7. The van der Waals surface area contributed by atoms with Crippen molar-refractivity contribution < 1.29 is 24.2 Å². The maximum Gasteiger partial charge on any atom is 0.176 e. The number of phenols is 1. The van der Waals surface area contributed by atoms with E-state index in [2.05, 4.69) is 4.90 Å². The number of ether oxygens (including phenoxy) is 2. The Morgan fingerprint density at radius 3 is 2.25 bits per heavy atom. The molecule has 1 aromatic carbocycles. The molecule has 1 N–H and O–H groups in total. The van der Waals surface area contributed by atoms with Gasteiger partial charge in [0, 0.05) is 61.6 Å².